The van der Waals surface area contributed by atoms with Crippen LogP contribution in [-0.4, -0.2) is 21.0 Å². The summed E-state index contributed by atoms with van der Waals surface area (Å²) in [7, 11) is 0. The molecular formula is C19H17BrO3. The number of phenols is 1. The molecule has 0 fully saturated rings. The van der Waals surface area contributed by atoms with E-state index in [2.05, 4.69) is 22.5 Å². The van der Waals surface area contributed by atoms with E-state index in [4.69, 9.17) is 0 Å². The number of halogens is 1. The molecule has 118 valence electrons. The summed E-state index contributed by atoms with van der Waals surface area (Å²) in [6, 6.07) is 6.75. The van der Waals surface area contributed by atoms with Gasteiger partial charge in [-0.05, 0) is 48.3 Å². The first-order valence-electron chi connectivity index (χ1n) is 7.47. The van der Waals surface area contributed by atoms with E-state index in [1.54, 1.807) is 37.3 Å². The van der Waals surface area contributed by atoms with Gasteiger partial charge in [-0.1, -0.05) is 46.8 Å². The van der Waals surface area contributed by atoms with Gasteiger partial charge in [-0.3, -0.25) is 9.59 Å². The zero-order valence-corrected chi connectivity index (χ0v) is 14.3. The number of benzene rings is 1. The van der Waals surface area contributed by atoms with Gasteiger partial charge in [-0.2, -0.15) is 0 Å². The van der Waals surface area contributed by atoms with Crippen LogP contribution in [0.25, 0.3) is 0 Å². The third-order valence-corrected chi connectivity index (χ3v) is 6.14. The summed E-state index contributed by atoms with van der Waals surface area (Å²) in [5.74, 6) is -0.673. The Morgan fingerprint density at radius 3 is 2.57 bits per heavy atom. The average molecular weight is 373 g/mol. The lowest BCUT2D eigenvalue weighted by Gasteiger charge is -2.45. The SMILES string of the molecule is C=CC1=CCC2C(=O)C(C)=CC(=O)C2(Br)C1c1ccc(O)cc1. The van der Waals surface area contributed by atoms with Crippen LogP contribution in [0.15, 0.2) is 60.2 Å². The number of hydrogen-bond acceptors (Lipinski definition) is 3. The van der Waals surface area contributed by atoms with Gasteiger partial charge in [-0.15, -0.1) is 0 Å². The van der Waals surface area contributed by atoms with Crippen LogP contribution in [0.2, 0.25) is 0 Å². The van der Waals surface area contributed by atoms with Crippen LogP contribution in [-0.2, 0) is 9.59 Å². The lowest BCUT2D eigenvalue weighted by atomic mass is 9.63. The molecule has 3 unspecified atom stereocenters. The Kier molecular flexibility index (Phi) is 3.88. The number of rotatable bonds is 2. The van der Waals surface area contributed by atoms with Gasteiger partial charge in [0.05, 0.1) is 0 Å². The Hall–Kier alpha value is -1.94. The van der Waals surface area contributed by atoms with Gasteiger partial charge >= 0.3 is 0 Å². The highest BCUT2D eigenvalue weighted by molar-refractivity contribution is 9.10. The number of Topliss-reactive ketones (excluding diaryl/α,β-unsaturated/α-hetero) is 1. The molecule has 0 spiro atoms. The molecule has 2 aliphatic carbocycles. The Morgan fingerprint density at radius 2 is 1.96 bits per heavy atom. The highest BCUT2D eigenvalue weighted by atomic mass is 79.9. The summed E-state index contributed by atoms with van der Waals surface area (Å²) < 4.78 is -1.00. The predicted molar refractivity (Wildman–Crippen MR) is 92.7 cm³/mol. The first kappa shape index (κ1) is 15.9. The molecule has 1 aromatic carbocycles. The summed E-state index contributed by atoms with van der Waals surface area (Å²) in [5, 5.41) is 9.53. The lowest BCUT2D eigenvalue weighted by molar-refractivity contribution is -0.128. The van der Waals surface area contributed by atoms with E-state index in [0.717, 1.165) is 11.1 Å². The average Bonchev–Trinajstić information content (AvgIpc) is 2.53. The van der Waals surface area contributed by atoms with Crippen molar-refractivity contribution in [2.45, 2.75) is 23.6 Å². The molecule has 0 saturated carbocycles. The minimum atomic E-state index is -1.00. The normalized spacial score (nSPS) is 30.3. The largest absolute Gasteiger partial charge is 0.508 e. The number of hydrogen-bond donors (Lipinski definition) is 1. The van der Waals surface area contributed by atoms with Crippen LogP contribution in [0.1, 0.15) is 24.8 Å². The summed E-state index contributed by atoms with van der Waals surface area (Å²) >= 11 is 3.64. The van der Waals surface area contributed by atoms with Crippen molar-refractivity contribution >= 4 is 27.5 Å². The minimum absolute atomic E-state index is 0.00427. The third kappa shape index (κ3) is 2.32. The second kappa shape index (κ2) is 5.60. The second-order valence-electron chi connectivity index (χ2n) is 6.04. The summed E-state index contributed by atoms with van der Waals surface area (Å²) in [5.41, 5.74) is 2.29. The summed E-state index contributed by atoms with van der Waals surface area (Å²) in [6.07, 6.45) is 5.67. The maximum Gasteiger partial charge on any atom is 0.174 e. The van der Waals surface area contributed by atoms with Gasteiger partial charge in [0.1, 0.15) is 10.1 Å². The number of carbonyl (C=O) groups excluding carboxylic acids is 2. The number of ketones is 2. The molecule has 0 aromatic heterocycles. The second-order valence-corrected chi connectivity index (χ2v) is 7.36. The fourth-order valence-electron chi connectivity index (χ4n) is 3.55. The standard InChI is InChI=1S/C19H17BrO3/c1-3-12-6-9-15-18(23)11(2)10-16(22)19(15,20)17(12)13-4-7-14(21)8-5-13/h3-8,10,15,17,21H,1,9H2,2H3. The number of alkyl halides is 1. The molecule has 23 heavy (non-hydrogen) atoms. The number of phenolic OH excluding ortho intramolecular Hbond substituents is 1. The van der Waals surface area contributed by atoms with E-state index in [1.807, 2.05) is 6.08 Å². The van der Waals surface area contributed by atoms with E-state index >= 15 is 0 Å². The monoisotopic (exact) mass is 372 g/mol. The molecule has 0 amide bonds. The van der Waals surface area contributed by atoms with Crippen molar-refractivity contribution in [1.29, 1.82) is 0 Å². The molecule has 0 aliphatic heterocycles. The minimum Gasteiger partial charge on any atom is -0.508 e. The Bertz CT molecular complexity index is 757. The number of aromatic hydroxyl groups is 1. The van der Waals surface area contributed by atoms with Crippen LogP contribution in [0.5, 0.6) is 5.75 Å². The summed E-state index contributed by atoms with van der Waals surface area (Å²) in [4.78, 5) is 25.4. The molecule has 0 heterocycles. The fourth-order valence-corrected chi connectivity index (χ4v) is 4.59. The molecule has 3 atom stereocenters. The molecule has 0 saturated heterocycles. The van der Waals surface area contributed by atoms with Crippen molar-refractivity contribution in [3.05, 3.63) is 65.8 Å². The van der Waals surface area contributed by atoms with E-state index < -0.39 is 10.2 Å². The number of carbonyl (C=O) groups is 2. The maximum absolute atomic E-state index is 12.8. The quantitative estimate of drug-likeness (QED) is 0.802. The van der Waals surface area contributed by atoms with E-state index in [9.17, 15) is 14.7 Å². The summed E-state index contributed by atoms with van der Waals surface area (Å²) in [6.45, 7) is 5.54. The van der Waals surface area contributed by atoms with Crippen molar-refractivity contribution in [2.24, 2.45) is 5.92 Å². The van der Waals surface area contributed by atoms with Crippen LogP contribution < -0.4 is 0 Å². The van der Waals surface area contributed by atoms with Crippen molar-refractivity contribution in [1.82, 2.24) is 0 Å². The Morgan fingerprint density at radius 1 is 1.30 bits per heavy atom. The lowest BCUT2D eigenvalue weighted by Crippen LogP contribution is -2.52. The van der Waals surface area contributed by atoms with Gasteiger partial charge in [0.2, 0.25) is 0 Å². The third-order valence-electron chi connectivity index (χ3n) is 4.74. The smallest absolute Gasteiger partial charge is 0.174 e. The van der Waals surface area contributed by atoms with Gasteiger partial charge in [0.25, 0.3) is 0 Å². The Balaban J connectivity index is 2.21. The molecule has 3 rings (SSSR count). The maximum atomic E-state index is 12.8. The molecule has 1 N–H and O–H groups in total. The van der Waals surface area contributed by atoms with Crippen molar-refractivity contribution in [2.75, 3.05) is 0 Å². The molecule has 2 aliphatic rings. The van der Waals surface area contributed by atoms with E-state index in [-0.39, 0.29) is 23.2 Å². The van der Waals surface area contributed by atoms with Crippen LogP contribution in [0.3, 0.4) is 0 Å². The zero-order chi connectivity index (χ0) is 16.8. The van der Waals surface area contributed by atoms with Gasteiger partial charge < -0.3 is 5.11 Å². The topological polar surface area (TPSA) is 54.4 Å². The van der Waals surface area contributed by atoms with E-state index in [0.29, 0.717) is 12.0 Å². The highest BCUT2D eigenvalue weighted by Crippen LogP contribution is 2.53. The molecule has 3 nitrogen and oxygen atoms in total. The number of fused-ring (bicyclic) bond motifs is 1. The predicted octanol–water partition coefficient (Wildman–Crippen LogP) is 3.84. The van der Waals surface area contributed by atoms with Crippen LogP contribution in [0.4, 0.5) is 0 Å². The molecule has 1 aromatic rings. The first-order valence-corrected chi connectivity index (χ1v) is 8.26. The first-order chi connectivity index (χ1) is 10.9. The fraction of sp³-hybridized carbons (Fsp3) is 0.263. The van der Waals surface area contributed by atoms with Gasteiger partial charge in [0.15, 0.2) is 11.6 Å². The van der Waals surface area contributed by atoms with Gasteiger partial charge in [0, 0.05) is 11.8 Å². The van der Waals surface area contributed by atoms with Crippen molar-refractivity contribution < 1.29 is 14.7 Å². The molecule has 0 bridgehead atoms. The number of allylic oxidation sites excluding steroid dienone is 5. The Labute approximate surface area is 143 Å². The van der Waals surface area contributed by atoms with Crippen molar-refractivity contribution in [3.63, 3.8) is 0 Å². The highest BCUT2D eigenvalue weighted by Gasteiger charge is 2.56. The molecule has 0 radical (unpaired) electrons. The zero-order valence-electron chi connectivity index (χ0n) is 12.8. The van der Waals surface area contributed by atoms with Crippen LogP contribution >= 0.6 is 15.9 Å². The molecule has 4 heteroatoms. The van der Waals surface area contributed by atoms with E-state index in [1.165, 1.54) is 6.08 Å². The van der Waals surface area contributed by atoms with Crippen molar-refractivity contribution in [3.8, 4) is 5.75 Å². The van der Waals surface area contributed by atoms with Crippen LogP contribution in [0, 0.1) is 5.92 Å². The van der Waals surface area contributed by atoms with Gasteiger partial charge in [-0.25, -0.2) is 0 Å². The molecular weight excluding hydrogens is 356 g/mol.